The molecule has 0 radical (unpaired) electrons. The number of carboxylic acid groups (broad SMARTS) is 1. The van der Waals surface area contributed by atoms with E-state index >= 15 is 0 Å². The van der Waals surface area contributed by atoms with E-state index in [1.165, 1.54) is 11.8 Å². The molecule has 0 heterocycles. The van der Waals surface area contributed by atoms with E-state index in [2.05, 4.69) is 10.6 Å². The standard InChI is InChI=1S/C22H26N2O6S/c1-4-19(22(28)24-15-10-16(29-2)13-17(11-15)30-3)31-18-7-5-6-14(12-18)23-20(25)8-9-21(26)27/h5-7,10-13,19H,4,8-9H2,1-3H3,(H,23,25)(H,24,28)(H,26,27). The molecular weight excluding hydrogens is 420 g/mol. The second kappa shape index (κ2) is 11.8. The zero-order chi connectivity index (χ0) is 22.8. The number of carboxylic acids is 1. The summed E-state index contributed by atoms with van der Waals surface area (Å²) in [6.07, 6.45) is 0.261. The number of amides is 2. The lowest BCUT2D eigenvalue weighted by Gasteiger charge is -2.16. The Labute approximate surface area is 185 Å². The van der Waals surface area contributed by atoms with E-state index in [-0.39, 0.29) is 29.9 Å². The molecule has 8 nitrogen and oxygen atoms in total. The van der Waals surface area contributed by atoms with E-state index in [0.717, 1.165) is 4.90 Å². The summed E-state index contributed by atoms with van der Waals surface area (Å²) in [4.78, 5) is 36.1. The summed E-state index contributed by atoms with van der Waals surface area (Å²) < 4.78 is 10.5. The first kappa shape index (κ1) is 24.1. The van der Waals surface area contributed by atoms with Crippen molar-refractivity contribution in [3.05, 3.63) is 42.5 Å². The summed E-state index contributed by atoms with van der Waals surface area (Å²) in [6.45, 7) is 1.92. The maximum atomic E-state index is 12.8. The van der Waals surface area contributed by atoms with E-state index < -0.39 is 5.97 Å². The summed E-state index contributed by atoms with van der Waals surface area (Å²) in [5.74, 6) is -0.423. The normalized spacial score (nSPS) is 11.3. The maximum Gasteiger partial charge on any atom is 0.303 e. The van der Waals surface area contributed by atoms with Gasteiger partial charge in [0.2, 0.25) is 11.8 Å². The highest BCUT2D eigenvalue weighted by Crippen LogP contribution is 2.30. The Kier molecular flexibility index (Phi) is 9.20. The lowest BCUT2D eigenvalue weighted by Crippen LogP contribution is -2.24. The minimum absolute atomic E-state index is 0.101. The molecule has 3 N–H and O–H groups in total. The molecule has 0 aliphatic heterocycles. The Balaban J connectivity index is 2.04. The highest BCUT2D eigenvalue weighted by atomic mass is 32.2. The summed E-state index contributed by atoms with van der Waals surface area (Å²) in [6, 6.07) is 12.2. The first-order valence-electron chi connectivity index (χ1n) is 9.67. The minimum atomic E-state index is -1.02. The van der Waals surface area contributed by atoms with Crippen LogP contribution in [0.25, 0.3) is 0 Å². The fraction of sp³-hybridized carbons (Fsp3) is 0.318. The second-order valence-electron chi connectivity index (χ2n) is 6.58. The van der Waals surface area contributed by atoms with Gasteiger partial charge in [-0.05, 0) is 24.6 Å². The number of nitrogens with one attached hydrogen (secondary N) is 2. The highest BCUT2D eigenvalue weighted by Gasteiger charge is 2.19. The van der Waals surface area contributed by atoms with Gasteiger partial charge in [-0.1, -0.05) is 13.0 Å². The number of carbonyl (C=O) groups is 3. The van der Waals surface area contributed by atoms with Crippen molar-refractivity contribution in [3.8, 4) is 11.5 Å². The third-order valence-corrected chi connectivity index (χ3v) is 5.60. The summed E-state index contributed by atoms with van der Waals surface area (Å²) in [5, 5.41) is 13.9. The van der Waals surface area contributed by atoms with Crippen LogP contribution in [0.1, 0.15) is 26.2 Å². The molecular formula is C22H26N2O6S. The van der Waals surface area contributed by atoms with Crippen LogP contribution in [-0.4, -0.2) is 42.4 Å². The molecule has 1 unspecified atom stereocenters. The van der Waals surface area contributed by atoms with Gasteiger partial charge in [-0.3, -0.25) is 14.4 Å². The van der Waals surface area contributed by atoms with Crippen molar-refractivity contribution in [1.29, 1.82) is 0 Å². The van der Waals surface area contributed by atoms with Crippen molar-refractivity contribution in [2.75, 3.05) is 24.9 Å². The van der Waals surface area contributed by atoms with E-state index in [1.54, 1.807) is 50.6 Å². The SMILES string of the molecule is CCC(Sc1cccc(NC(=O)CCC(=O)O)c1)C(=O)Nc1cc(OC)cc(OC)c1. The van der Waals surface area contributed by atoms with Crippen LogP contribution in [0.3, 0.4) is 0 Å². The lowest BCUT2D eigenvalue weighted by molar-refractivity contribution is -0.138. The van der Waals surface area contributed by atoms with Gasteiger partial charge in [0.05, 0.1) is 25.9 Å². The van der Waals surface area contributed by atoms with Gasteiger partial charge in [-0.2, -0.15) is 0 Å². The van der Waals surface area contributed by atoms with E-state index in [9.17, 15) is 14.4 Å². The number of rotatable bonds is 11. The molecule has 31 heavy (non-hydrogen) atoms. The number of hydrogen-bond donors (Lipinski definition) is 3. The number of thioether (sulfide) groups is 1. The van der Waals surface area contributed by atoms with Crippen molar-refractivity contribution in [2.24, 2.45) is 0 Å². The number of carbonyl (C=O) groups excluding carboxylic acids is 2. The fourth-order valence-electron chi connectivity index (χ4n) is 2.68. The van der Waals surface area contributed by atoms with Crippen molar-refractivity contribution >= 4 is 40.9 Å². The first-order valence-corrected chi connectivity index (χ1v) is 10.5. The molecule has 0 aliphatic carbocycles. The van der Waals surface area contributed by atoms with Gasteiger partial charge in [0.25, 0.3) is 0 Å². The Morgan fingerprint density at radius 1 is 0.968 bits per heavy atom. The van der Waals surface area contributed by atoms with Crippen molar-refractivity contribution < 1.29 is 29.0 Å². The monoisotopic (exact) mass is 446 g/mol. The molecule has 0 spiro atoms. The highest BCUT2D eigenvalue weighted by molar-refractivity contribution is 8.00. The van der Waals surface area contributed by atoms with Crippen LogP contribution in [0, 0.1) is 0 Å². The van der Waals surface area contributed by atoms with Crippen molar-refractivity contribution in [1.82, 2.24) is 0 Å². The van der Waals surface area contributed by atoms with E-state index in [1.807, 2.05) is 13.0 Å². The van der Waals surface area contributed by atoms with Crippen LogP contribution < -0.4 is 20.1 Å². The number of benzene rings is 2. The number of ether oxygens (including phenoxy) is 2. The smallest absolute Gasteiger partial charge is 0.303 e. The Morgan fingerprint density at radius 2 is 1.65 bits per heavy atom. The molecule has 2 amide bonds. The number of anilines is 2. The molecule has 0 saturated carbocycles. The minimum Gasteiger partial charge on any atom is -0.497 e. The van der Waals surface area contributed by atoms with Gasteiger partial charge in [-0.25, -0.2) is 0 Å². The molecule has 9 heteroatoms. The first-order chi connectivity index (χ1) is 14.8. The average molecular weight is 447 g/mol. The van der Waals surface area contributed by atoms with Gasteiger partial charge < -0.3 is 25.2 Å². The van der Waals surface area contributed by atoms with Crippen molar-refractivity contribution in [3.63, 3.8) is 0 Å². The fourth-order valence-corrected chi connectivity index (χ4v) is 3.69. The molecule has 1 atom stereocenters. The molecule has 0 fully saturated rings. The molecule has 0 bridgehead atoms. The lowest BCUT2D eigenvalue weighted by atomic mass is 10.2. The van der Waals surface area contributed by atoms with Crippen molar-refractivity contribution in [2.45, 2.75) is 36.3 Å². The zero-order valence-corrected chi connectivity index (χ0v) is 18.5. The average Bonchev–Trinajstić information content (AvgIpc) is 2.75. The van der Waals surface area contributed by atoms with E-state index in [4.69, 9.17) is 14.6 Å². The van der Waals surface area contributed by atoms with Gasteiger partial charge in [0.1, 0.15) is 11.5 Å². The van der Waals surface area contributed by atoms with Crippen LogP contribution in [0.4, 0.5) is 11.4 Å². The summed E-state index contributed by atoms with van der Waals surface area (Å²) >= 11 is 1.38. The summed E-state index contributed by atoms with van der Waals surface area (Å²) in [5.41, 5.74) is 1.12. The largest absolute Gasteiger partial charge is 0.497 e. The van der Waals surface area contributed by atoms with Crippen LogP contribution in [0.5, 0.6) is 11.5 Å². The van der Waals surface area contributed by atoms with Gasteiger partial charge in [0, 0.05) is 40.9 Å². The summed E-state index contributed by atoms with van der Waals surface area (Å²) in [7, 11) is 3.08. The molecule has 2 aromatic carbocycles. The Bertz CT molecular complexity index is 912. The van der Waals surface area contributed by atoms with Crippen LogP contribution >= 0.6 is 11.8 Å². The predicted molar refractivity (Wildman–Crippen MR) is 120 cm³/mol. The number of aliphatic carboxylic acids is 1. The van der Waals surface area contributed by atoms with Crippen LogP contribution in [0.2, 0.25) is 0 Å². The Hall–Kier alpha value is -3.20. The third kappa shape index (κ3) is 7.86. The Morgan fingerprint density at radius 3 is 2.23 bits per heavy atom. The maximum absolute atomic E-state index is 12.8. The van der Waals surface area contributed by atoms with Crippen LogP contribution in [-0.2, 0) is 14.4 Å². The molecule has 166 valence electrons. The molecule has 0 saturated heterocycles. The molecule has 0 aliphatic rings. The van der Waals surface area contributed by atoms with Crippen LogP contribution in [0.15, 0.2) is 47.4 Å². The molecule has 2 rings (SSSR count). The molecule has 2 aromatic rings. The predicted octanol–water partition coefficient (Wildman–Crippen LogP) is 4.02. The topological polar surface area (TPSA) is 114 Å². The van der Waals surface area contributed by atoms with E-state index in [0.29, 0.717) is 29.3 Å². The third-order valence-electron chi connectivity index (χ3n) is 4.24. The van der Waals surface area contributed by atoms with Gasteiger partial charge in [0.15, 0.2) is 0 Å². The van der Waals surface area contributed by atoms with Gasteiger partial charge in [-0.15, -0.1) is 11.8 Å². The second-order valence-corrected chi connectivity index (χ2v) is 7.85. The quantitative estimate of drug-likeness (QED) is 0.447. The zero-order valence-electron chi connectivity index (χ0n) is 17.6. The van der Waals surface area contributed by atoms with Gasteiger partial charge >= 0.3 is 5.97 Å². The number of hydrogen-bond acceptors (Lipinski definition) is 6. The molecule has 0 aromatic heterocycles. The number of methoxy groups -OCH3 is 2.